The van der Waals surface area contributed by atoms with E-state index < -0.39 is 10.0 Å². The summed E-state index contributed by atoms with van der Waals surface area (Å²) in [6.07, 6.45) is 0.299. The molecule has 0 atom stereocenters. The van der Waals surface area contributed by atoms with E-state index in [1.165, 1.54) is 11.3 Å². The van der Waals surface area contributed by atoms with E-state index in [-0.39, 0.29) is 10.0 Å². The molecule has 0 aliphatic carbocycles. The Balaban J connectivity index is 2.13. The van der Waals surface area contributed by atoms with Crippen molar-refractivity contribution in [3.8, 4) is 0 Å². The van der Waals surface area contributed by atoms with E-state index in [0.29, 0.717) is 12.1 Å². The number of amidine groups is 1. The van der Waals surface area contributed by atoms with Gasteiger partial charge in [-0.2, -0.15) is 0 Å². The van der Waals surface area contributed by atoms with Crippen LogP contribution in [0.15, 0.2) is 45.8 Å². The number of nitrogens with two attached hydrogens (primary N) is 1. The molecule has 0 radical (unpaired) electrons. The van der Waals surface area contributed by atoms with Crippen LogP contribution in [0.5, 0.6) is 0 Å². The first-order valence-electron chi connectivity index (χ1n) is 6.05. The molecule has 0 amide bonds. The van der Waals surface area contributed by atoms with Gasteiger partial charge in [0.2, 0.25) is 0 Å². The van der Waals surface area contributed by atoms with Gasteiger partial charge in [0.25, 0.3) is 10.0 Å². The summed E-state index contributed by atoms with van der Waals surface area (Å²) in [6.45, 7) is 1.85. The Bertz CT molecular complexity index is 749. The van der Waals surface area contributed by atoms with Gasteiger partial charge in [0.05, 0.1) is 0 Å². The molecule has 0 spiro atoms. The fourth-order valence-corrected chi connectivity index (χ4v) is 4.04. The molecule has 1 heterocycles. The number of anilines is 1. The van der Waals surface area contributed by atoms with Crippen molar-refractivity contribution in [3.05, 3.63) is 46.8 Å². The van der Waals surface area contributed by atoms with Crippen LogP contribution in [0.1, 0.15) is 10.4 Å². The van der Waals surface area contributed by atoms with Gasteiger partial charge < -0.3 is 10.9 Å². The van der Waals surface area contributed by atoms with Crippen molar-refractivity contribution < 1.29 is 13.6 Å². The van der Waals surface area contributed by atoms with Gasteiger partial charge in [-0.3, -0.25) is 4.72 Å². The minimum Gasteiger partial charge on any atom is -0.409 e. The maximum Gasteiger partial charge on any atom is 0.271 e. The number of hydrogen-bond donors (Lipinski definition) is 3. The average Bonchev–Trinajstić information content (AvgIpc) is 2.88. The van der Waals surface area contributed by atoms with E-state index in [4.69, 9.17) is 10.9 Å². The largest absolute Gasteiger partial charge is 0.409 e. The first kappa shape index (κ1) is 15.3. The Hall–Kier alpha value is -2.06. The summed E-state index contributed by atoms with van der Waals surface area (Å²) in [4.78, 5) is 0.935. The van der Waals surface area contributed by atoms with Crippen LogP contribution in [-0.4, -0.2) is 19.5 Å². The van der Waals surface area contributed by atoms with Gasteiger partial charge in [0.1, 0.15) is 10.0 Å². The maximum atomic E-state index is 12.2. The Morgan fingerprint density at radius 1 is 1.29 bits per heavy atom. The molecule has 8 heteroatoms. The van der Waals surface area contributed by atoms with Crippen LogP contribution < -0.4 is 10.5 Å². The minimum atomic E-state index is -3.55. The van der Waals surface area contributed by atoms with Gasteiger partial charge in [0.15, 0.2) is 0 Å². The Labute approximate surface area is 127 Å². The lowest BCUT2D eigenvalue weighted by atomic mass is 10.1. The van der Waals surface area contributed by atoms with E-state index >= 15 is 0 Å². The summed E-state index contributed by atoms with van der Waals surface area (Å²) >= 11 is 1.22. The monoisotopic (exact) mass is 325 g/mol. The molecule has 6 nitrogen and oxygen atoms in total. The van der Waals surface area contributed by atoms with Crippen molar-refractivity contribution in [2.24, 2.45) is 10.9 Å². The van der Waals surface area contributed by atoms with Crippen LogP contribution in [0.25, 0.3) is 0 Å². The summed E-state index contributed by atoms with van der Waals surface area (Å²) in [5.41, 5.74) is 6.69. The van der Waals surface area contributed by atoms with Crippen molar-refractivity contribution in [2.75, 3.05) is 4.72 Å². The summed E-state index contributed by atoms with van der Waals surface area (Å²) in [5, 5.41) is 11.4. The lowest BCUT2D eigenvalue weighted by Crippen LogP contribution is -2.15. The second-order valence-corrected chi connectivity index (χ2v) is 7.63. The molecule has 1 aromatic carbocycles. The molecule has 0 aliphatic rings. The highest BCUT2D eigenvalue weighted by Crippen LogP contribution is 2.23. The molecule has 1 aromatic heterocycles. The zero-order valence-electron chi connectivity index (χ0n) is 11.3. The molecule has 0 fully saturated rings. The van der Waals surface area contributed by atoms with E-state index in [9.17, 15) is 8.42 Å². The highest BCUT2D eigenvalue weighted by Gasteiger charge is 2.16. The second kappa shape index (κ2) is 6.15. The third kappa shape index (κ3) is 3.96. The summed E-state index contributed by atoms with van der Waals surface area (Å²) in [5.74, 6) is 0.0948. The number of benzene rings is 1. The molecule has 0 saturated heterocycles. The SMILES string of the molecule is Cc1ccc(S(=O)(=O)Nc2ccc(CC(N)=NO)cc2)s1. The number of nitrogens with one attached hydrogen (secondary N) is 1. The topological polar surface area (TPSA) is 105 Å². The molecule has 0 bridgehead atoms. The number of nitrogens with zero attached hydrogens (tertiary/aromatic N) is 1. The van der Waals surface area contributed by atoms with Crippen LogP contribution >= 0.6 is 11.3 Å². The normalized spacial score (nSPS) is 12.3. The summed E-state index contributed by atoms with van der Waals surface area (Å²) in [6, 6.07) is 10.1. The van der Waals surface area contributed by atoms with Crippen LogP contribution in [-0.2, 0) is 16.4 Å². The molecular formula is C13H15N3O3S2. The van der Waals surface area contributed by atoms with E-state index in [1.54, 1.807) is 36.4 Å². The van der Waals surface area contributed by atoms with Gasteiger partial charge in [0, 0.05) is 17.0 Å². The second-order valence-electron chi connectivity index (χ2n) is 4.44. The zero-order valence-corrected chi connectivity index (χ0v) is 12.9. The number of oxime groups is 1. The van der Waals surface area contributed by atoms with Gasteiger partial charge in [-0.05, 0) is 36.8 Å². The predicted octanol–water partition coefficient (Wildman–Crippen LogP) is 2.15. The molecule has 112 valence electrons. The standard InChI is InChI=1S/C13H15N3O3S2/c1-9-2-7-13(20-9)21(18,19)16-11-5-3-10(4-6-11)8-12(14)15-17/h2-7,16-17H,8H2,1H3,(H2,14,15). The van der Waals surface area contributed by atoms with Gasteiger partial charge in [-0.15, -0.1) is 11.3 Å². The smallest absolute Gasteiger partial charge is 0.271 e. The number of thiophene rings is 1. The molecule has 2 rings (SSSR count). The van der Waals surface area contributed by atoms with Gasteiger partial charge in [-0.25, -0.2) is 8.42 Å². The summed E-state index contributed by atoms with van der Waals surface area (Å²) in [7, 11) is -3.55. The van der Waals surface area contributed by atoms with Crippen molar-refractivity contribution >= 4 is 32.9 Å². The number of hydrogen-bond acceptors (Lipinski definition) is 5. The molecular weight excluding hydrogens is 310 g/mol. The summed E-state index contributed by atoms with van der Waals surface area (Å²) < 4.78 is 27.1. The van der Waals surface area contributed by atoms with Crippen LogP contribution in [0.2, 0.25) is 0 Å². The molecule has 4 N–H and O–H groups in total. The highest BCUT2D eigenvalue weighted by atomic mass is 32.2. The van der Waals surface area contributed by atoms with E-state index in [2.05, 4.69) is 9.88 Å². The van der Waals surface area contributed by atoms with Crippen LogP contribution in [0.3, 0.4) is 0 Å². The molecule has 21 heavy (non-hydrogen) atoms. The zero-order chi connectivity index (χ0) is 15.5. The Morgan fingerprint density at radius 2 is 1.95 bits per heavy atom. The van der Waals surface area contributed by atoms with Crippen molar-refractivity contribution in [2.45, 2.75) is 17.6 Å². The molecule has 0 unspecified atom stereocenters. The third-order valence-corrected chi connectivity index (χ3v) is 5.57. The molecule has 0 saturated carbocycles. The first-order valence-corrected chi connectivity index (χ1v) is 8.35. The third-order valence-electron chi connectivity index (χ3n) is 2.70. The van der Waals surface area contributed by atoms with Crippen molar-refractivity contribution in [3.63, 3.8) is 0 Å². The van der Waals surface area contributed by atoms with Crippen LogP contribution in [0, 0.1) is 6.92 Å². The Kier molecular flexibility index (Phi) is 4.49. The molecule has 0 aliphatic heterocycles. The van der Waals surface area contributed by atoms with Crippen LogP contribution in [0.4, 0.5) is 5.69 Å². The first-order chi connectivity index (χ1) is 9.90. The average molecular weight is 325 g/mol. The molecule has 2 aromatic rings. The lowest BCUT2D eigenvalue weighted by molar-refractivity contribution is 0.317. The fraction of sp³-hybridized carbons (Fsp3) is 0.154. The minimum absolute atomic E-state index is 0.0948. The maximum absolute atomic E-state index is 12.2. The van der Waals surface area contributed by atoms with Gasteiger partial charge in [-0.1, -0.05) is 17.3 Å². The predicted molar refractivity (Wildman–Crippen MR) is 83.4 cm³/mol. The van der Waals surface area contributed by atoms with Crippen molar-refractivity contribution in [1.29, 1.82) is 0 Å². The quantitative estimate of drug-likeness (QED) is 0.339. The number of aryl methyl sites for hydroxylation is 1. The van der Waals surface area contributed by atoms with E-state index in [1.807, 2.05) is 6.92 Å². The fourth-order valence-electron chi connectivity index (χ4n) is 1.70. The number of sulfonamides is 1. The van der Waals surface area contributed by atoms with E-state index in [0.717, 1.165) is 10.4 Å². The number of rotatable bonds is 5. The van der Waals surface area contributed by atoms with Crippen molar-refractivity contribution in [1.82, 2.24) is 0 Å². The highest BCUT2D eigenvalue weighted by molar-refractivity contribution is 7.94. The Morgan fingerprint density at radius 3 is 2.48 bits per heavy atom. The lowest BCUT2D eigenvalue weighted by Gasteiger charge is -2.07. The van der Waals surface area contributed by atoms with Gasteiger partial charge >= 0.3 is 0 Å².